The molecular formula is C19H22N4O4S. The smallest absolute Gasteiger partial charge is 0.253 e. The first kappa shape index (κ1) is 20.0. The number of aromatic nitrogens is 1. The highest BCUT2D eigenvalue weighted by atomic mass is 32.2. The van der Waals surface area contributed by atoms with E-state index in [0.29, 0.717) is 11.3 Å². The van der Waals surface area contributed by atoms with E-state index in [0.717, 1.165) is 12.8 Å². The Morgan fingerprint density at radius 2 is 1.82 bits per heavy atom. The number of carbonyl (C=O) groups excluding carboxylic acids is 2. The molecule has 9 heteroatoms. The standard InChI is InChI=1S/C19H22N4O4S/c1-22(2)19(25)14-5-7-15(8-6-14)21-18(24)13-23(16-9-10-16)28(26,27)17-4-3-11-20-12-17/h3-8,11-12,16H,9-10,13H2,1-2H3,(H,21,24). The lowest BCUT2D eigenvalue weighted by Crippen LogP contribution is -2.39. The fourth-order valence-corrected chi connectivity index (χ4v) is 4.31. The van der Waals surface area contributed by atoms with Crippen LogP contribution < -0.4 is 5.32 Å². The summed E-state index contributed by atoms with van der Waals surface area (Å²) in [5, 5.41) is 2.69. The van der Waals surface area contributed by atoms with Crippen molar-refractivity contribution in [2.75, 3.05) is 26.0 Å². The molecule has 28 heavy (non-hydrogen) atoms. The second-order valence-electron chi connectivity index (χ2n) is 6.80. The van der Waals surface area contributed by atoms with Crippen molar-refractivity contribution in [2.24, 2.45) is 0 Å². The lowest BCUT2D eigenvalue weighted by molar-refractivity contribution is -0.116. The molecule has 0 aliphatic heterocycles. The predicted octanol–water partition coefficient (Wildman–Crippen LogP) is 1.58. The fourth-order valence-electron chi connectivity index (χ4n) is 2.70. The average molecular weight is 402 g/mol. The maximum absolute atomic E-state index is 12.8. The number of pyridine rings is 1. The number of anilines is 1. The highest BCUT2D eigenvalue weighted by Crippen LogP contribution is 2.31. The van der Waals surface area contributed by atoms with Crippen LogP contribution in [-0.2, 0) is 14.8 Å². The number of nitrogens with zero attached hydrogens (tertiary/aromatic N) is 3. The largest absolute Gasteiger partial charge is 0.345 e. The van der Waals surface area contributed by atoms with Gasteiger partial charge in [0, 0.05) is 43.8 Å². The molecule has 0 atom stereocenters. The molecule has 8 nitrogen and oxygen atoms in total. The van der Waals surface area contributed by atoms with Crippen molar-refractivity contribution < 1.29 is 18.0 Å². The van der Waals surface area contributed by atoms with E-state index in [1.54, 1.807) is 44.4 Å². The van der Waals surface area contributed by atoms with Gasteiger partial charge in [-0.15, -0.1) is 0 Å². The summed E-state index contributed by atoms with van der Waals surface area (Å²) in [6.45, 7) is -0.278. The molecule has 1 aromatic heterocycles. The molecule has 1 aliphatic carbocycles. The molecule has 0 spiro atoms. The minimum atomic E-state index is -3.79. The molecule has 1 saturated carbocycles. The van der Waals surface area contributed by atoms with Gasteiger partial charge in [-0.2, -0.15) is 4.31 Å². The van der Waals surface area contributed by atoms with E-state index in [9.17, 15) is 18.0 Å². The molecule has 3 rings (SSSR count). The van der Waals surface area contributed by atoms with Crippen LogP contribution in [0.25, 0.3) is 0 Å². The van der Waals surface area contributed by atoms with Crippen LogP contribution in [0.1, 0.15) is 23.2 Å². The van der Waals surface area contributed by atoms with Crippen LogP contribution in [0.3, 0.4) is 0 Å². The molecule has 0 radical (unpaired) electrons. The first-order valence-corrected chi connectivity index (χ1v) is 10.3. The summed E-state index contributed by atoms with van der Waals surface area (Å²) in [5.41, 5.74) is 0.997. The normalized spacial score (nSPS) is 14.0. The number of amides is 2. The summed E-state index contributed by atoms with van der Waals surface area (Å²) >= 11 is 0. The van der Waals surface area contributed by atoms with E-state index in [1.165, 1.54) is 27.7 Å². The van der Waals surface area contributed by atoms with E-state index >= 15 is 0 Å². The van der Waals surface area contributed by atoms with Gasteiger partial charge >= 0.3 is 0 Å². The van der Waals surface area contributed by atoms with Crippen molar-refractivity contribution in [3.63, 3.8) is 0 Å². The van der Waals surface area contributed by atoms with Crippen LogP contribution >= 0.6 is 0 Å². The van der Waals surface area contributed by atoms with Crippen molar-refractivity contribution in [1.29, 1.82) is 0 Å². The number of sulfonamides is 1. The monoisotopic (exact) mass is 402 g/mol. The van der Waals surface area contributed by atoms with Gasteiger partial charge in [-0.3, -0.25) is 14.6 Å². The van der Waals surface area contributed by atoms with Gasteiger partial charge in [-0.25, -0.2) is 8.42 Å². The van der Waals surface area contributed by atoms with Crippen molar-refractivity contribution in [1.82, 2.24) is 14.2 Å². The number of hydrogen-bond donors (Lipinski definition) is 1. The highest BCUT2D eigenvalue weighted by molar-refractivity contribution is 7.89. The third kappa shape index (κ3) is 4.55. The zero-order valence-electron chi connectivity index (χ0n) is 15.7. The Bertz CT molecular complexity index is 955. The second kappa shape index (κ2) is 8.07. The fraction of sp³-hybridized carbons (Fsp3) is 0.316. The molecule has 0 bridgehead atoms. The maximum atomic E-state index is 12.8. The summed E-state index contributed by atoms with van der Waals surface area (Å²) < 4.78 is 26.9. The highest BCUT2D eigenvalue weighted by Gasteiger charge is 2.39. The van der Waals surface area contributed by atoms with Crippen LogP contribution in [0.15, 0.2) is 53.7 Å². The number of benzene rings is 1. The zero-order valence-corrected chi connectivity index (χ0v) is 16.5. The van der Waals surface area contributed by atoms with E-state index < -0.39 is 15.9 Å². The van der Waals surface area contributed by atoms with Gasteiger partial charge in [0.1, 0.15) is 4.90 Å². The third-order valence-electron chi connectivity index (χ3n) is 4.32. The SMILES string of the molecule is CN(C)C(=O)c1ccc(NC(=O)CN(C2CC2)S(=O)(=O)c2cccnc2)cc1. The first-order chi connectivity index (χ1) is 13.3. The van der Waals surface area contributed by atoms with E-state index in [1.807, 2.05) is 0 Å². The number of rotatable bonds is 7. The van der Waals surface area contributed by atoms with Crippen LogP contribution in [0.5, 0.6) is 0 Å². The number of carbonyl (C=O) groups is 2. The van der Waals surface area contributed by atoms with Crippen molar-refractivity contribution >= 4 is 27.5 Å². The molecule has 2 aromatic rings. The van der Waals surface area contributed by atoms with Crippen LogP contribution in [0.4, 0.5) is 5.69 Å². The van der Waals surface area contributed by atoms with E-state index in [-0.39, 0.29) is 23.4 Å². The Labute approximate surface area is 164 Å². The minimum absolute atomic E-state index is 0.0706. The summed E-state index contributed by atoms with van der Waals surface area (Å²) in [5.74, 6) is -0.577. The Balaban J connectivity index is 1.70. The van der Waals surface area contributed by atoms with Crippen molar-refractivity contribution in [3.05, 3.63) is 54.4 Å². The Morgan fingerprint density at radius 3 is 2.36 bits per heavy atom. The average Bonchev–Trinajstić information content (AvgIpc) is 3.51. The van der Waals surface area contributed by atoms with Gasteiger partial charge in [0.25, 0.3) is 5.91 Å². The molecule has 2 amide bonds. The summed E-state index contributed by atoms with van der Waals surface area (Å²) in [7, 11) is -0.473. The Kier molecular flexibility index (Phi) is 5.76. The van der Waals surface area contributed by atoms with E-state index in [2.05, 4.69) is 10.3 Å². The summed E-state index contributed by atoms with van der Waals surface area (Å²) in [6.07, 6.45) is 4.24. The molecule has 1 N–H and O–H groups in total. The molecule has 0 unspecified atom stereocenters. The third-order valence-corrected chi connectivity index (χ3v) is 6.20. The van der Waals surface area contributed by atoms with Crippen LogP contribution in [0, 0.1) is 0 Å². The van der Waals surface area contributed by atoms with E-state index in [4.69, 9.17) is 0 Å². The van der Waals surface area contributed by atoms with Gasteiger partial charge in [0.05, 0.1) is 6.54 Å². The molecule has 1 fully saturated rings. The quantitative estimate of drug-likeness (QED) is 0.758. The molecule has 1 aromatic carbocycles. The van der Waals surface area contributed by atoms with Gasteiger partial charge < -0.3 is 10.2 Å². The lowest BCUT2D eigenvalue weighted by Gasteiger charge is -2.21. The Morgan fingerprint density at radius 1 is 1.14 bits per heavy atom. The molecule has 1 aliphatic rings. The van der Waals surface area contributed by atoms with Gasteiger partial charge in [-0.05, 0) is 49.2 Å². The lowest BCUT2D eigenvalue weighted by atomic mass is 10.2. The first-order valence-electron chi connectivity index (χ1n) is 8.82. The second-order valence-corrected chi connectivity index (χ2v) is 8.69. The van der Waals surface area contributed by atoms with Crippen LogP contribution in [0.2, 0.25) is 0 Å². The zero-order chi connectivity index (χ0) is 20.3. The van der Waals surface area contributed by atoms with Gasteiger partial charge in [0.2, 0.25) is 15.9 Å². The topological polar surface area (TPSA) is 99.7 Å². The molecule has 148 valence electrons. The maximum Gasteiger partial charge on any atom is 0.253 e. The molecular weight excluding hydrogens is 380 g/mol. The number of nitrogens with one attached hydrogen (secondary N) is 1. The molecule has 1 heterocycles. The van der Waals surface area contributed by atoms with Crippen molar-refractivity contribution in [3.8, 4) is 0 Å². The Hall–Kier alpha value is -2.78. The van der Waals surface area contributed by atoms with Crippen molar-refractivity contribution in [2.45, 2.75) is 23.8 Å². The predicted molar refractivity (Wildman–Crippen MR) is 104 cm³/mol. The minimum Gasteiger partial charge on any atom is -0.345 e. The summed E-state index contributed by atoms with van der Waals surface area (Å²) in [4.78, 5) is 29.8. The van der Waals surface area contributed by atoms with Gasteiger partial charge in [-0.1, -0.05) is 0 Å². The van der Waals surface area contributed by atoms with Gasteiger partial charge in [0.15, 0.2) is 0 Å². The van der Waals surface area contributed by atoms with Crippen LogP contribution in [-0.4, -0.2) is 61.1 Å². The molecule has 0 saturated heterocycles. The summed E-state index contributed by atoms with van der Waals surface area (Å²) in [6, 6.07) is 9.31. The number of hydrogen-bond acceptors (Lipinski definition) is 5.